The predicted octanol–water partition coefficient (Wildman–Crippen LogP) is 0.450. The summed E-state index contributed by atoms with van der Waals surface area (Å²) in [5, 5.41) is 8.40. The number of hydrogen-bond donors (Lipinski definition) is 2. The molecular weight excluding hydrogens is 156 g/mol. The summed E-state index contributed by atoms with van der Waals surface area (Å²) in [6.07, 6.45) is 0.175. The van der Waals surface area contributed by atoms with Gasteiger partial charge in [-0.3, -0.25) is 4.79 Å². The third-order valence-corrected chi connectivity index (χ3v) is 2.15. The Labute approximate surface area is 73.7 Å². The Hall–Kier alpha value is -0.610. The molecular formula is C8H19N2O2+. The van der Waals surface area contributed by atoms with Crippen LogP contribution in [-0.2, 0) is 4.79 Å². The van der Waals surface area contributed by atoms with Gasteiger partial charge in [0.05, 0.1) is 27.1 Å². The molecule has 0 aromatic rings. The van der Waals surface area contributed by atoms with Crippen LogP contribution in [0.1, 0.15) is 20.3 Å². The third-order valence-electron chi connectivity index (χ3n) is 2.15. The van der Waals surface area contributed by atoms with Crippen molar-refractivity contribution in [2.75, 3.05) is 20.6 Å². The predicted molar refractivity (Wildman–Crippen MR) is 47.5 cm³/mol. The molecule has 12 heavy (non-hydrogen) atoms. The molecule has 0 aromatic carbocycles. The van der Waals surface area contributed by atoms with Gasteiger partial charge < -0.3 is 5.11 Å². The number of rotatable bonds is 5. The van der Waals surface area contributed by atoms with Crippen LogP contribution in [-0.4, -0.2) is 42.3 Å². The fourth-order valence-corrected chi connectivity index (χ4v) is 0.634. The average molecular weight is 175 g/mol. The Morgan fingerprint density at radius 1 is 1.50 bits per heavy atom. The van der Waals surface area contributed by atoms with Crippen molar-refractivity contribution in [3.8, 4) is 0 Å². The lowest BCUT2D eigenvalue weighted by Gasteiger charge is -2.33. The van der Waals surface area contributed by atoms with Crippen LogP contribution in [0.15, 0.2) is 0 Å². The second-order valence-corrected chi connectivity index (χ2v) is 3.69. The van der Waals surface area contributed by atoms with Crippen molar-refractivity contribution >= 4 is 5.97 Å². The largest absolute Gasteiger partial charge is 0.481 e. The molecule has 0 unspecified atom stereocenters. The molecule has 0 radical (unpaired) electrons. The van der Waals surface area contributed by atoms with Crippen molar-refractivity contribution < 1.29 is 14.5 Å². The second-order valence-electron chi connectivity index (χ2n) is 3.69. The number of carboxylic acids is 1. The van der Waals surface area contributed by atoms with Crippen LogP contribution < -0.4 is 5.43 Å². The van der Waals surface area contributed by atoms with Crippen molar-refractivity contribution in [3.05, 3.63) is 0 Å². The highest BCUT2D eigenvalue weighted by Gasteiger charge is 2.19. The topological polar surface area (TPSA) is 49.3 Å². The summed E-state index contributed by atoms with van der Waals surface area (Å²) in [6.45, 7) is 4.70. The molecule has 0 fully saturated rings. The first-order valence-corrected chi connectivity index (χ1v) is 4.17. The van der Waals surface area contributed by atoms with Crippen LogP contribution in [0.25, 0.3) is 0 Å². The van der Waals surface area contributed by atoms with Gasteiger partial charge in [0.15, 0.2) is 0 Å². The summed E-state index contributed by atoms with van der Waals surface area (Å²) in [5.74, 6) is -0.758. The number of carboxylic acid groups (broad SMARTS) is 1. The van der Waals surface area contributed by atoms with Gasteiger partial charge in [-0.15, -0.1) is 0 Å². The van der Waals surface area contributed by atoms with E-state index in [1.807, 2.05) is 14.1 Å². The molecule has 0 aromatic heterocycles. The molecule has 0 atom stereocenters. The van der Waals surface area contributed by atoms with Gasteiger partial charge in [-0.1, -0.05) is 0 Å². The quantitative estimate of drug-likeness (QED) is 0.471. The molecule has 0 bridgehead atoms. The number of hydrogen-bond acceptors (Lipinski definition) is 2. The van der Waals surface area contributed by atoms with Crippen molar-refractivity contribution in [2.45, 2.75) is 26.3 Å². The highest BCUT2D eigenvalue weighted by atomic mass is 16.4. The Morgan fingerprint density at radius 3 is 2.33 bits per heavy atom. The van der Waals surface area contributed by atoms with Crippen LogP contribution in [0.5, 0.6) is 0 Å². The fourth-order valence-electron chi connectivity index (χ4n) is 0.634. The van der Waals surface area contributed by atoms with E-state index in [4.69, 9.17) is 5.11 Å². The molecule has 4 heteroatoms. The van der Waals surface area contributed by atoms with Gasteiger partial charge in [0, 0.05) is 0 Å². The van der Waals surface area contributed by atoms with Gasteiger partial charge in [0.25, 0.3) is 0 Å². The normalized spacial score (nSPS) is 12.1. The monoisotopic (exact) mass is 175 g/mol. The number of carbonyl (C=O) groups is 1. The zero-order valence-electron chi connectivity index (χ0n) is 8.29. The Kier molecular flexibility index (Phi) is 4.20. The lowest BCUT2D eigenvalue weighted by molar-refractivity contribution is -0.953. The van der Waals surface area contributed by atoms with E-state index in [9.17, 15) is 4.79 Å². The van der Waals surface area contributed by atoms with Crippen molar-refractivity contribution in [1.29, 1.82) is 0 Å². The van der Waals surface area contributed by atoms with Crippen molar-refractivity contribution in [3.63, 3.8) is 0 Å². The first kappa shape index (κ1) is 11.4. The maximum Gasteiger partial charge on any atom is 0.304 e. The summed E-state index contributed by atoms with van der Waals surface area (Å²) < 4.78 is 0.646. The molecule has 0 aliphatic heterocycles. The molecule has 4 nitrogen and oxygen atoms in total. The minimum Gasteiger partial charge on any atom is -0.481 e. The SMILES string of the molecule is CC(C)[N+](C)(C)NCCC(=O)O. The molecule has 0 rings (SSSR count). The van der Waals surface area contributed by atoms with E-state index in [-0.39, 0.29) is 6.42 Å². The van der Waals surface area contributed by atoms with E-state index in [1.165, 1.54) is 0 Å². The summed E-state index contributed by atoms with van der Waals surface area (Å²) in [6, 6.07) is 0.443. The Bertz CT molecular complexity index is 155. The van der Waals surface area contributed by atoms with E-state index in [0.29, 0.717) is 17.2 Å². The second kappa shape index (κ2) is 4.42. The van der Waals surface area contributed by atoms with Crippen LogP contribution >= 0.6 is 0 Å². The van der Waals surface area contributed by atoms with Crippen LogP contribution in [0.4, 0.5) is 0 Å². The smallest absolute Gasteiger partial charge is 0.304 e. The fraction of sp³-hybridized carbons (Fsp3) is 0.875. The summed E-state index contributed by atoms with van der Waals surface area (Å²) in [4.78, 5) is 10.2. The zero-order valence-corrected chi connectivity index (χ0v) is 8.29. The van der Waals surface area contributed by atoms with E-state index in [1.54, 1.807) is 0 Å². The summed E-state index contributed by atoms with van der Waals surface area (Å²) in [7, 11) is 4.04. The minimum atomic E-state index is -0.758. The Balaban J connectivity index is 3.69. The lowest BCUT2D eigenvalue weighted by Crippen LogP contribution is -2.56. The zero-order chi connectivity index (χ0) is 9.78. The number of aliphatic carboxylic acids is 1. The maximum atomic E-state index is 10.2. The van der Waals surface area contributed by atoms with E-state index in [2.05, 4.69) is 19.3 Å². The molecule has 0 amide bonds. The Morgan fingerprint density at radius 2 is 2.00 bits per heavy atom. The molecule has 0 heterocycles. The first-order valence-electron chi connectivity index (χ1n) is 4.17. The van der Waals surface area contributed by atoms with Gasteiger partial charge in [-0.25, -0.2) is 4.59 Å². The van der Waals surface area contributed by atoms with E-state index >= 15 is 0 Å². The van der Waals surface area contributed by atoms with Gasteiger partial charge in [0.1, 0.15) is 6.04 Å². The van der Waals surface area contributed by atoms with Gasteiger partial charge in [-0.2, -0.15) is 5.43 Å². The third kappa shape index (κ3) is 4.31. The molecule has 0 saturated heterocycles. The van der Waals surface area contributed by atoms with Gasteiger partial charge >= 0.3 is 5.97 Å². The molecule has 2 N–H and O–H groups in total. The number of quaternary nitrogens is 1. The lowest BCUT2D eigenvalue weighted by atomic mass is 10.3. The molecule has 0 spiro atoms. The molecule has 0 saturated carbocycles. The number of nitrogens with one attached hydrogen (secondary N) is 1. The van der Waals surface area contributed by atoms with Crippen molar-refractivity contribution in [1.82, 2.24) is 5.43 Å². The van der Waals surface area contributed by atoms with E-state index < -0.39 is 5.97 Å². The maximum absolute atomic E-state index is 10.2. The van der Waals surface area contributed by atoms with Crippen LogP contribution in [0.3, 0.4) is 0 Å². The van der Waals surface area contributed by atoms with E-state index in [0.717, 1.165) is 0 Å². The molecule has 0 aliphatic rings. The first-order chi connectivity index (χ1) is 5.36. The molecule has 0 aliphatic carbocycles. The number of nitrogens with zero attached hydrogens (tertiary/aromatic N) is 1. The highest BCUT2D eigenvalue weighted by Crippen LogP contribution is 1.99. The molecule has 72 valence electrons. The summed E-state index contributed by atoms with van der Waals surface area (Å²) >= 11 is 0. The highest BCUT2D eigenvalue weighted by molar-refractivity contribution is 5.66. The van der Waals surface area contributed by atoms with Crippen molar-refractivity contribution in [2.24, 2.45) is 0 Å². The van der Waals surface area contributed by atoms with Gasteiger partial charge in [0.2, 0.25) is 0 Å². The minimum absolute atomic E-state index is 0.175. The van der Waals surface area contributed by atoms with Crippen LogP contribution in [0, 0.1) is 0 Å². The van der Waals surface area contributed by atoms with Gasteiger partial charge in [-0.05, 0) is 13.8 Å². The average Bonchev–Trinajstić information content (AvgIpc) is 1.85. The standard InChI is InChI=1S/C8H18N2O2/c1-7(2)10(3,4)9-6-5-8(11)12/h7,9H,5-6H2,1-4H3/p+1. The summed E-state index contributed by atoms with van der Waals surface area (Å²) in [5.41, 5.74) is 3.15. The van der Waals surface area contributed by atoms with Crippen LogP contribution in [0.2, 0.25) is 0 Å².